The van der Waals surface area contributed by atoms with Gasteiger partial charge < -0.3 is 14.8 Å². The van der Waals surface area contributed by atoms with Crippen LogP contribution in [0.25, 0.3) is 0 Å². The van der Waals surface area contributed by atoms with Crippen molar-refractivity contribution in [1.29, 1.82) is 0 Å². The number of nitrogens with zero attached hydrogens (tertiary/aromatic N) is 1. The lowest BCUT2D eigenvalue weighted by atomic mass is 9.95. The third-order valence-corrected chi connectivity index (χ3v) is 5.97. The van der Waals surface area contributed by atoms with Crippen molar-refractivity contribution >= 4 is 21.6 Å². The van der Waals surface area contributed by atoms with Crippen LogP contribution in [-0.2, 0) is 14.8 Å². The maximum Gasteiger partial charge on any atom is 0.225 e. The zero-order valence-electron chi connectivity index (χ0n) is 15.7. The highest BCUT2D eigenvalue weighted by molar-refractivity contribution is 7.88. The van der Waals surface area contributed by atoms with Gasteiger partial charge in [0.25, 0.3) is 0 Å². The van der Waals surface area contributed by atoms with Crippen LogP contribution < -0.4 is 14.8 Å². The molecule has 1 aliphatic rings. The number of carbonyl (C=O) groups excluding carboxylic acids is 1. The van der Waals surface area contributed by atoms with Gasteiger partial charge in [-0.15, -0.1) is 0 Å². The van der Waals surface area contributed by atoms with Crippen molar-refractivity contribution in [3.05, 3.63) is 18.2 Å². The summed E-state index contributed by atoms with van der Waals surface area (Å²) in [6, 6.07) is 5.10. The molecule has 1 N–H and O–H groups in total. The maximum atomic E-state index is 12.3. The zero-order valence-corrected chi connectivity index (χ0v) is 16.5. The number of anilines is 1. The summed E-state index contributed by atoms with van der Waals surface area (Å²) in [6.45, 7) is 0.197. The number of benzene rings is 1. The lowest BCUT2D eigenvalue weighted by Gasteiger charge is -2.32. The van der Waals surface area contributed by atoms with Crippen molar-refractivity contribution in [1.82, 2.24) is 4.31 Å². The van der Waals surface area contributed by atoms with E-state index in [4.69, 9.17) is 9.47 Å². The van der Waals surface area contributed by atoms with Gasteiger partial charge in [0.05, 0.1) is 20.5 Å². The van der Waals surface area contributed by atoms with Crippen LogP contribution in [0.3, 0.4) is 0 Å². The summed E-state index contributed by atoms with van der Waals surface area (Å²) in [5.74, 6) is 0.859. The normalized spacial score (nSPS) is 15.7. The molecule has 146 valence electrons. The fraction of sp³-hybridized carbons (Fsp3) is 0.611. The topological polar surface area (TPSA) is 84.9 Å². The van der Waals surface area contributed by atoms with E-state index in [2.05, 4.69) is 5.32 Å². The lowest BCUT2D eigenvalue weighted by molar-refractivity contribution is -0.116. The van der Waals surface area contributed by atoms with Gasteiger partial charge in [-0.3, -0.25) is 4.79 Å². The van der Waals surface area contributed by atoms with Gasteiger partial charge in [-0.05, 0) is 25.0 Å². The van der Waals surface area contributed by atoms with Gasteiger partial charge in [0.15, 0.2) is 11.5 Å². The number of carbonyl (C=O) groups is 1. The molecule has 1 amide bonds. The minimum Gasteiger partial charge on any atom is -0.493 e. The molecule has 2 rings (SSSR count). The van der Waals surface area contributed by atoms with Crippen molar-refractivity contribution < 1.29 is 22.7 Å². The highest BCUT2D eigenvalue weighted by atomic mass is 32.2. The molecule has 7 nitrogen and oxygen atoms in total. The predicted molar refractivity (Wildman–Crippen MR) is 101 cm³/mol. The second-order valence-electron chi connectivity index (χ2n) is 6.53. The minimum absolute atomic E-state index is 0.00707. The highest BCUT2D eigenvalue weighted by Gasteiger charge is 2.28. The molecule has 8 heteroatoms. The van der Waals surface area contributed by atoms with Crippen molar-refractivity contribution in [2.75, 3.05) is 32.3 Å². The average molecular weight is 384 g/mol. The van der Waals surface area contributed by atoms with Crippen molar-refractivity contribution in [2.24, 2.45) is 0 Å². The Kier molecular flexibility index (Phi) is 7.28. The van der Waals surface area contributed by atoms with E-state index in [1.54, 1.807) is 25.3 Å². The predicted octanol–water partition coefficient (Wildman–Crippen LogP) is 2.63. The number of methoxy groups -OCH3 is 2. The van der Waals surface area contributed by atoms with E-state index in [1.165, 1.54) is 17.7 Å². The molecular formula is C18H28N2O5S. The summed E-state index contributed by atoms with van der Waals surface area (Å²) >= 11 is 0. The SMILES string of the molecule is COc1ccc(NC(=O)CCN(C2CCCCC2)S(C)(=O)=O)cc1OC. The van der Waals surface area contributed by atoms with Gasteiger partial charge in [-0.1, -0.05) is 19.3 Å². The van der Waals surface area contributed by atoms with Gasteiger partial charge in [0, 0.05) is 30.8 Å². The Morgan fingerprint density at radius 3 is 2.38 bits per heavy atom. The molecule has 1 aromatic rings. The number of amides is 1. The first-order valence-electron chi connectivity index (χ1n) is 8.84. The molecule has 0 aliphatic heterocycles. The number of ether oxygens (including phenoxy) is 2. The van der Waals surface area contributed by atoms with Crippen molar-refractivity contribution in [3.63, 3.8) is 0 Å². The van der Waals surface area contributed by atoms with E-state index in [9.17, 15) is 13.2 Å². The number of nitrogens with one attached hydrogen (secondary N) is 1. The number of hydrogen-bond donors (Lipinski definition) is 1. The molecule has 1 fully saturated rings. The molecule has 1 aromatic carbocycles. The number of sulfonamides is 1. The Hall–Kier alpha value is -1.80. The molecule has 0 atom stereocenters. The third kappa shape index (κ3) is 5.60. The molecule has 0 unspecified atom stereocenters. The molecule has 0 heterocycles. The maximum absolute atomic E-state index is 12.3. The smallest absolute Gasteiger partial charge is 0.225 e. The van der Waals surface area contributed by atoms with E-state index < -0.39 is 10.0 Å². The molecule has 0 spiro atoms. The van der Waals surface area contributed by atoms with Crippen LogP contribution in [-0.4, -0.2) is 51.7 Å². The molecule has 0 bridgehead atoms. The average Bonchev–Trinajstić information content (AvgIpc) is 2.61. The molecule has 1 saturated carbocycles. The fourth-order valence-corrected chi connectivity index (χ4v) is 4.51. The lowest BCUT2D eigenvalue weighted by Crippen LogP contribution is -2.42. The number of hydrogen-bond acceptors (Lipinski definition) is 5. The van der Waals surface area contributed by atoms with E-state index in [1.807, 2.05) is 0 Å². The van der Waals surface area contributed by atoms with Crippen LogP contribution in [0.4, 0.5) is 5.69 Å². The Labute approximate surface area is 155 Å². The summed E-state index contributed by atoms with van der Waals surface area (Å²) in [5.41, 5.74) is 0.580. The first kappa shape index (κ1) is 20.5. The summed E-state index contributed by atoms with van der Waals surface area (Å²) in [7, 11) is -0.268. The van der Waals surface area contributed by atoms with E-state index in [0.717, 1.165) is 32.1 Å². The largest absolute Gasteiger partial charge is 0.493 e. The first-order chi connectivity index (χ1) is 12.3. The van der Waals surface area contributed by atoms with Gasteiger partial charge in [0.2, 0.25) is 15.9 Å². The second-order valence-corrected chi connectivity index (χ2v) is 8.47. The Balaban J connectivity index is 1.97. The van der Waals surface area contributed by atoms with Gasteiger partial charge in [0.1, 0.15) is 0 Å². The molecule has 26 heavy (non-hydrogen) atoms. The Morgan fingerprint density at radius 1 is 1.15 bits per heavy atom. The fourth-order valence-electron chi connectivity index (χ4n) is 3.34. The Morgan fingerprint density at radius 2 is 1.81 bits per heavy atom. The van der Waals surface area contributed by atoms with Gasteiger partial charge >= 0.3 is 0 Å². The highest BCUT2D eigenvalue weighted by Crippen LogP contribution is 2.30. The molecule has 0 saturated heterocycles. The summed E-state index contributed by atoms with van der Waals surface area (Å²) in [6.07, 6.45) is 6.28. The zero-order chi connectivity index (χ0) is 19.2. The molecular weight excluding hydrogens is 356 g/mol. The van der Waals surface area contributed by atoms with E-state index in [0.29, 0.717) is 17.2 Å². The van der Waals surface area contributed by atoms with Gasteiger partial charge in [-0.25, -0.2) is 8.42 Å². The monoisotopic (exact) mass is 384 g/mol. The summed E-state index contributed by atoms with van der Waals surface area (Å²) in [5, 5.41) is 2.78. The van der Waals surface area contributed by atoms with Crippen LogP contribution in [0.5, 0.6) is 11.5 Å². The summed E-state index contributed by atoms with van der Waals surface area (Å²) in [4.78, 5) is 12.3. The van der Waals surface area contributed by atoms with Crippen LogP contribution in [0.15, 0.2) is 18.2 Å². The van der Waals surface area contributed by atoms with Crippen LogP contribution in [0.2, 0.25) is 0 Å². The molecule has 1 aliphatic carbocycles. The summed E-state index contributed by atoms with van der Waals surface area (Å²) < 4.78 is 36.1. The molecule has 0 aromatic heterocycles. The third-order valence-electron chi connectivity index (χ3n) is 4.63. The number of rotatable bonds is 8. The van der Waals surface area contributed by atoms with Gasteiger partial charge in [-0.2, -0.15) is 4.31 Å². The molecule has 0 radical (unpaired) electrons. The Bertz CT molecular complexity index is 714. The standard InChI is InChI=1S/C18H28N2O5S/c1-24-16-10-9-14(13-17(16)25-2)19-18(21)11-12-20(26(3,22)23)15-7-5-4-6-8-15/h9-10,13,15H,4-8,11-12H2,1-3H3,(H,19,21). The van der Waals surface area contributed by atoms with Crippen LogP contribution >= 0.6 is 0 Å². The minimum atomic E-state index is -3.34. The van der Waals surface area contributed by atoms with Crippen molar-refractivity contribution in [2.45, 2.75) is 44.6 Å². The first-order valence-corrected chi connectivity index (χ1v) is 10.7. The quantitative estimate of drug-likeness (QED) is 0.745. The van der Waals surface area contributed by atoms with Crippen LogP contribution in [0, 0.1) is 0 Å². The van der Waals surface area contributed by atoms with Crippen LogP contribution in [0.1, 0.15) is 38.5 Å². The second kappa shape index (κ2) is 9.23. The van der Waals surface area contributed by atoms with E-state index in [-0.39, 0.29) is 24.9 Å². The van der Waals surface area contributed by atoms with E-state index >= 15 is 0 Å². The van der Waals surface area contributed by atoms with Crippen molar-refractivity contribution in [3.8, 4) is 11.5 Å².